The van der Waals surface area contributed by atoms with E-state index in [2.05, 4.69) is 34.9 Å². The van der Waals surface area contributed by atoms with Crippen molar-refractivity contribution in [3.63, 3.8) is 0 Å². The molecule has 1 atom stereocenters. The molecule has 1 saturated heterocycles. The topological polar surface area (TPSA) is 59.6 Å². The summed E-state index contributed by atoms with van der Waals surface area (Å²) in [5.74, 6) is 0. The van der Waals surface area contributed by atoms with Gasteiger partial charge < -0.3 is 20.1 Å². The van der Waals surface area contributed by atoms with E-state index in [9.17, 15) is 4.79 Å². The van der Waals surface area contributed by atoms with E-state index in [0.29, 0.717) is 6.54 Å². The highest BCUT2D eigenvalue weighted by atomic mass is 16.6. The molecule has 2 heterocycles. The minimum absolute atomic E-state index is 0.0249. The fourth-order valence-corrected chi connectivity index (χ4v) is 3.95. The van der Waals surface area contributed by atoms with Crippen LogP contribution in [0.2, 0.25) is 0 Å². The van der Waals surface area contributed by atoms with Crippen LogP contribution in [-0.2, 0) is 15.9 Å². The lowest BCUT2D eigenvalue weighted by Crippen LogP contribution is -2.48. The number of amides is 1. The quantitative estimate of drug-likeness (QED) is 0.803. The van der Waals surface area contributed by atoms with Crippen LogP contribution in [0.3, 0.4) is 0 Å². The van der Waals surface area contributed by atoms with Crippen molar-refractivity contribution in [2.24, 2.45) is 0 Å². The third-order valence-electron chi connectivity index (χ3n) is 5.13. The highest BCUT2D eigenvalue weighted by molar-refractivity contribution is 5.67. The van der Waals surface area contributed by atoms with Crippen LogP contribution >= 0.6 is 0 Å². The number of rotatable bonds is 4. The van der Waals surface area contributed by atoms with Crippen LogP contribution in [0.1, 0.15) is 63.7 Å². The summed E-state index contributed by atoms with van der Waals surface area (Å²) in [6.07, 6.45) is 4.67. The maximum absolute atomic E-state index is 11.8. The molecule has 0 saturated carbocycles. The van der Waals surface area contributed by atoms with Crippen LogP contribution in [0, 0.1) is 0 Å². The van der Waals surface area contributed by atoms with E-state index in [4.69, 9.17) is 9.47 Å². The highest BCUT2D eigenvalue weighted by Gasteiger charge is 2.40. The molecule has 3 rings (SSSR count). The Hall–Kier alpha value is -1.59. The third-order valence-corrected chi connectivity index (χ3v) is 5.13. The summed E-state index contributed by atoms with van der Waals surface area (Å²) in [7, 11) is 0. The second-order valence-corrected chi connectivity index (χ2v) is 8.49. The van der Waals surface area contributed by atoms with Gasteiger partial charge in [-0.15, -0.1) is 0 Å². The number of fused-ring (bicyclic) bond motifs is 1. The van der Waals surface area contributed by atoms with E-state index in [1.54, 1.807) is 0 Å². The monoisotopic (exact) mass is 360 g/mol. The molecular weight excluding hydrogens is 328 g/mol. The zero-order valence-corrected chi connectivity index (χ0v) is 16.3. The molecule has 26 heavy (non-hydrogen) atoms. The van der Waals surface area contributed by atoms with Gasteiger partial charge in [0.05, 0.1) is 11.7 Å². The number of alkyl carbamates (subject to hydrolysis) is 1. The molecule has 5 heteroatoms. The first-order valence-corrected chi connectivity index (χ1v) is 9.80. The van der Waals surface area contributed by atoms with E-state index in [1.807, 2.05) is 20.8 Å². The van der Waals surface area contributed by atoms with Crippen molar-refractivity contribution in [1.29, 1.82) is 0 Å². The van der Waals surface area contributed by atoms with E-state index < -0.39 is 5.60 Å². The number of ether oxygens (including phenoxy) is 2. The molecule has 1 aromatic carbocycles. The summed E-state index contributed by atoms with van der Waals surface area (Å²) in [4.78, 5) is 11.8. The van der Waals surface area contributed by atoms with Gasteiger partial charge in [-0.25, -0.2) is 4.79 Å². The van der Waals surface area contributed by atoms with Gasteiger partial charge in [-0.3, -0.25) is 0 Å². The Labute approximate surface area is 156 Å². The van der Waals surface area contributed by atoms with Gasteiger partial charge in [0, 0.05) is 13.0 Å². The smallest absolute Gasteiger partial charge is 0.407 e. The molecule has 1 unspecified atom stereocenters. The van der Waals surface area contributed by atoms with Gasteiger partial charge in [0.25, 0.3) is 0 Å². The number of piperidine rings is 1. The Kier molecular flexibility index (Phi) is 5.88. The zero-order valence-electron chi connectivity index (χ0n) is 16.3. The molecule has 0 bridgehead atoms. The average molecular weight is 360 g/mol. The Morgan fingerprint density at radius 3 is 2.77 bits per heavy atom. The van der Waals surface area contributed by atoms with Crippen molar-refractivity contribution >= 4 is 6.09 Å². The minimum Gasteiger partial charge on any atom is -0.444 e. The van der Waals surface area contributed by atoms with Gasteiger partial charge in [-0.2, -0.15) is 0 Å². The van der Waals surface area contributed by atoms with Gasteiger partial charge in [0.15, 0.2) is 0 Å². The lowest BCUT2D eigenvalue weighted by Gasteiger charge is -2.45. The first-order valence-electron chi connectivity index (χ1n) is 9.80. The fraction of sp³-hybridized carbons (Fsp3) is 0.667. The van der Waals surface area contributed by atoms with E-state index >= 15 is 0 Å². The number of carbonyl (C=O) groups is 1. The average Bonchev–Trinajstić information content (AvgIpc) is 2.57. The van der Waals surface area contributed by atoms with Crippen molar-refractivity contribution in [3.05, 3.63) is 35.4 Å². The summed E-state index contributed by atoms with van der Waals surface area (Å²) in [6, 6.07) is 8.65. The maximum atomic E-state index is 11.8. The van der Waals surface area contributed by atoms with Crippen LogP contribution in [-0.4, -0.2) is 36.9 Å². The van der Waals surface area contributed by atoms with Gasteiger partial charge in [-0.05, 0) is 70.7 Å². The lowest BCUT2D eigenvalue weighted by atomic mass is 9.80. The van der Waals surface area contributed by atoms with Crippen LogP contribution < -0.4 is 10.6 Å². The predicted octanol–water partition coefficient (Wildman–Crippen LogP) is 3.73. The number of hydrogen-bond acceptors (Lipinski definition) is 4. The SMILES string of the molecule is CC(C)(C)OC(=O)NCCCC1OC2(CCNCC2)Cc2ccccc21. The molecule has 5 nitrogen and oxygen atoms in total. The van der Waals surface area contributed by atoms with Gasteiger partial charge in [0.1, 0.15) is 5.60 Å². The number of hydrogen-bond donors (Lipinski definition) is 2. The van der Waals surface area contributed by atoms with Crippen LogP contribution in [0.25, 0.3) is 0 Å². The van der Waals surface area contributed by atoms with Crippen LogP contribution in [0.5, 0.6) is 0 Å². The Morgan fingerprint density at radius 1 is 1.31 bits per heavy atom. The predicted molar refractivity (Wildman–Crippen MR) is 102 cm³/mol. The van der Waals surface area contributed by atoms with Crippen molar-refractivity contribution in [2.45, 2.75) is 70.2 Å². The molecule has 1 fully saturated rings. The van der Waals surface area contributed by atoms with Gasteiger partial charge in [0.2, 0.25) is 0 Å². The summed E-state index contributed by atoms with van der Waals surface area (Å²) in [5.41, 5.74) is 2.25. The fourth-order valence-electron chi connectivity index (χ4n) is 3.95. The van der Waals surface area contributed by atoms with Crippen molar-refractivity contribution in [1.82, 2.24) is 10.6 Å². The van der Waals surface area contributed by atoms with Gasteiger partial charge >= 0.3 is 6.09 Å². The Balaban J connectivity index is 1.57. The minimum atomic E-state index is -0.461. The second kappa shape index (κ2) is 7.97. The molecule has 0 radical (unpaired) electrons. The number of carbonyl (C=O) groups excluding carboxylic acids is 1. The third kappa shape index (κ3) is 4.98. The standard InChI is InChI=1S/C21H32N2O3/c1-20(2,3)26-19(24)23-12-6-9-18-17-8-5-4-7-16(17)15-21(25-18)10-13-22-14-11-21/h4-5,7-8,18,22H,6,9-15H2,1-3H3,(H,23,24). The number of benzene rings is 1. The molecule has 1 amide bonds. The number of nitrogens with one attached hydrogen (secondary N) is 2. The summed E-state index contributed by atoms with van der Waals surface area (Å²) >= 11 is 0. The largest absolute Gasteiger partial charge is 0.444 e. The Bertz CT molecular complexity index is 618. The molecule has 2 N–H and O–H groups in total. The first-order chi connectivity index (χ1) is 12.4. The normalized spacial score (nSPS) is 21.9. The molecule has 1 spiro atoms. The first kappa shape index (κ1) is 19.2. The molecule has 0 aromatic heterocycles. The Morgan fingerprint density at radius 2 is 2.04 bits per heavy atom. The summed E-state index contributed by atoms with van der Waals surface area (Å²) in [6.45, 7) is 8.27. The van der Waals surface area contributed by atoms with Crippen LogP contribution in [0.4, 0.5) is 4.79 Å². The highest BCUT2D eigenvalue weighted by Crippen LogP contribution is 2.42. The molecule has 1 aromatic rings. The van der Waals surface area contributed by atoms with Crippen molar-refractivity contribution < 1.29 is 14.3 Å². The maximum Gasteiger partial charge on any atom is 0.407 e. The summed E-state index contributed by atoms with van der Waals surface area (Å²) < 4.78 is 11.9. The molecule has 0 aliphatic carbocycles. The van der Waals surface area contributed by atoms with Gasteiger partial charge in [-0.1, -0.05) is 24.3 Å². The molecular formula is C21H32N2O3. The van der Waals surface area contributed by atoms with E-state index in [1.165, 1.54) is 11.1 Å². The molecule has 144 valence electrons. The molecule has 2 aliphatic rings. The van der Waals surface area contributed by atoms with Crippen molar-refractivity contribution in [3.8, 4) is 0 Å². The van der Waals surface area contributed by atoms with E-state index in [-0.39, 0.29) is 17.8 Å². The second-order valence-electron chi connectivity index (χ2n) is 8.49. The van der Waals surface area contributed by atoms with Crippen LogP contribution in [0.15, 0.2) is 24.3 Å². The van der Waals surface area contributed by atoms with E-state index in [0.717, 1.165) is 45.2 Å². The summed E-state index contributed by atoms with van der Waals surface area (Å²) in [5, 5.41) is 6.28. The zero-order chi connectivity index (χ0) is 18.6. The van der Waals surface area contributed by atoms with Crippen molar-refractivity contribution in [2.75, 3.05) is 19.6 Å². The molecule has 2 aliphatic heterocycles. The lowest BCUT2D eigenvalue weighted by molar-refractivity contribution is -0.125.